The summed E-state index contributed by atoms with van der Waals surface area (Å²) in [5.74, 6) is -0.857. The average Bonchev–Trinajstić information content (AvgIpc) is 3.47. The fourth-order valence-corrected chi connectivity index (χ4v) is 11.2. The first kappa shape index (κ1) is 78.6. The van der Waals surface area contributed by atoms with E-state index < -0.39 is 6.10 Å². The molecular formula is C75H140O6. The van der Waals surface area contributed by atoms with E-state index >= 15 is 0 Å². The van der Waals surface area contributed by atoms with Gasteiger partial charge in [0.25, 0.3) is 0 Å². The molecule has 0 aromatic carbocycles. The van der Waals surface area contributed by atoms with Gasteiger partial charge in [0.05, 0.1) is 0 Å². The zero-order valence-electron chi connectivity index (χ0n) is 54.8. The van der Waals surface area contributed by atoms with Crippen molar-refractivity contribution in [2.24, 2.45) is 0 Å². The molecule has 6 heteroatoms. The Morgan fingerprint density at radius 1 is 0.247 bits per heavy atom. The molecule has 0 spiro atoms. The van der Waals surface area contributed by atoms with Crippen LogP contribution in [0.3, 0.4) is 0 Å². The Bertz CT molecular complexity index is 1350. The Kier molecular flexibility index (Phi) is 68.1. The van der Waals surface area contributed by atoms with Crippen molar-refractivity contribution in [2.45, 2.75) is 412 Å². The third-order valence-electron chi connectivity index (χ3n) is 16.6. The van der Waals surface area contributed by atoms with Gasteiger partial charge in [-0.3, -0.25) is 14.4 Å². The first-order valence-electron chi connectivity index (χ1n) is 36.5. The van der Waals surface area contributed by atoms with Crippen LogP contribution in [-0.4, -0.2) is 37.2 Å². The zero-order valence-corrected chi connectivity index (χ0v) is 54.8. The maximum Gasteiger partial charge on any atom is 0.306 e. The Labute approximate surface area is 506 Å². The molecule has 6 nitrogen and oxygen atoms in total. The number of unbranched alkanes of at least 4 members (excludes halogenated alkanes) is 51. The summed E-state index contributed by atoms with van der Waals surface area (Å²) in [5.41, 5.74) is 0. The molecule has 0 heterocycles. The quantitative estimate of drug-likeness (QED) is 0.0261. The number of ether oxygens (including phenoxy) is 3. The molecule has 0 rings (SSSR count). The third kappa shape index (κ3) is 68.3. The van der Waals surface area contributed by atoms with Gasteiger partial charge in [0, 0.05) is 19.3 Å². The molecule has 0 N–H and O–H groups in total. The van der Waals surface area contributed by atoms with Gasteiger partial charge in [0.1, 0.15) is 13.2 Å². The Morgan fingerprint density at radius 3 is 0.716 bits per heavy atom. The molecule has 0 bridgehead atoms. The molecule has 0 saturated heterocycles. The van der Waals surface area contributed by atoms with Crippen LogP contribution >= 0.6 is 0 Å². The van der Waals surface area contributed by atoms with Crippen LogP contribution in [0, 0.1) is 0 Å². The lowest BCUT2D eigenvalue weighted by Crippen LogP contribution is -2.30. The van der Waals surface area contributed by atoms with Crippen LogP contribution in [0.2, 0.25) is 0 Å². The minimum Gasteiger partial charge on any atom is -0.462 e. The predicted molar refractivity (Wildman–Crippen MR) is 353 cm³/mol. The lowest BCUT2D eigenvalue weighted by molar-refractivity contribution is -0.167. The summed E-state index contributed by atoms with van der Waals surface area (Å²) in [6.45, 7) is 6.67. The normalized spacial score (nSPS) is 12.2. The largest absolute Gasteiger partial charge is 0.462 e. The molecule has 0 aromatic rings. The molecule has 0 aliphatic heterocycles. The van der Waals surface area contributed by atoms with Gasteiger partial charge < -0.3 is 14.2 Å². The maximum atomic E-state index is 12.9. The summed E-state index contributed by atoms with van der Waals surface area (Å²) in [6, 6.07) is 0. The van der Waals surface area contributed by atoms with E-state index in [-0.39, 0.29) is 31.1 Å². The minimum absolute atomic E-state index is 0.0721. The molecule has 1 atom stereocenters. The van der Waals surface area contributed by atoms with Crippen LogP contribution in [0.25, 0.3) is 0 Å². The highest BCUT2D eigenvalue weighted by atomic mass is 16.6. The summed E-state index contributed by atoms with van der Waals surface area (Å²) >= 11 is 0. The first-order chi connectivity index (χ1) is 40.0. The second kappa shape index (κ2) is 70.1. The smallest absolute Gasteiger partial charge is 0.306 e. The standard InChI is InChI=1S/C75H140O6/c1-4-7-10-13-16-19-22-25-27-29-31-32-33-34-35-36-37-38-39-40-41-42-43-45-46-48-50-53-56-59-62-65-68-74(77)80-71-72(70-79-73(76)67-64-61-58-55-52-24-21-18-15-12-9-6-3)81-75(78)69-66-63-60-57-54-51-49-47-44-30-28-26-23-20-17-14-11-8-5-2/h17,20,26,28,44,47,72H,4-16,18-19,21-25,27,29-43,45-46,48-71H2,1-3H3/b20-17-,28-26-,47-44-. The van der Waals surface area contributed by atoms with E-state index in [0.29, 0.717) is 19.3 Å². The third-order valence-corrected chi connectivity index (χ3v) is 16.6. The van der Waals surface area contributed by atoms with Crippen LogP contribution in [-0.2, 0) is 28.6 Å². The number of carbonyl (C=O) groups is 3. The van der Waals surface area contributed by atoms with Crippen molar-refractivity contribution < 1.29 is 28.6 Å². The molecule has 1 unspecified atom stereocenters. The van der Waals surface area contributed by atoms with Crippen LogP contribution < -0.4 is 0 Å². The number of esters is 3. The van der Waals surface area contributed by atoms with E-state index in [1.54, 1.807) is 0 Å². The summed E-state index contributed by atoms with van der Waals surface area (Å²) in [4.78, 5) is 38.4. The van der Waals surface area contributed by atoms with Crippen molar-refractivity contribution >= 4 is 17.9 Å². The van der Waals surface area contributed by atoms with Crippen LogP contribution in [0.5, 0.6) is 0 Å². The molecule has 0 saturated carbocycles. The highest BCUT2D eigenvalue weighted by molar-refractivity contribution is 5.71. The number of carbonyl (C=O) groups excluding carboxylic acids is 3. The highest BCUT2D eigenvalue weighted by Gasteiger charge is 2.19. The van der Waals surface area contributed by atoms with Gasteiger partial charge in [-0.05, 0) is 57.8 Å². The summed E-state index contributed by atoms with van der Waals surface area (Å²) in [7, 11) is 0. The van der Waals surface area contributed by atoms with E-state index in [1.165, 1.54) is 289 Å². The van der Waals surface area contributed by atoms with Gasteiger partial charge in [-0.25, -0.2) is 0 Å². The minimum atomic E-state index is -0.777. The molecule has 81 heavy (non-hydrogen) atoms. The van der Waals surface area contributed by atoms with E-state index in [0.717, 1.165) is 77.0 Å². The summed E-state index contributed by atoms with van der Waals surface area (Å²) in [6.07, 6.45) is 87.7. The van der Waals surface area contributed by atoms with Gasteiger partial charge in [0.2, 0.25) is 0 Å². The van der Waals surface area contributed by atoms with E-state index in [9.17, 15) is 14.4 Å². The fourth-order valence-electron chi connectivity index (χ4n) is 11.2. The van der Waals surface area contributed by atoms with Crippen molar-refractivity contribution in [1.82, 2.24) is 0 Å². The van der Waals surface area contributed by atoms with Crippen molar-refractivity contribution in [1.29, 1.82) is 0 Å². The predicted octanol–water partition coefficient (Wildman–Crippen LogP) is 25.1. The Hall–Kier alpha value is -2.37. The topological polar surface area (TPSA) is 78.9 Å². The molecule has 0 aliphatic carbocycles. The van der Waals surface area contributed by atoms with Gasteiger partial charge in [-0.15, -0.1) is 0 Å². The molecular weight excluding hydrogens is 997 g/mol. The lowest BCUT2D eigenvalue weighted by Gasteiger charge is -2.18. The van der Waals surface area contributed by atoms with Crippen molar-refractivity contribution in [3.05, 3.63) is 36.5 Å². The molecule has 0 fully saturated rings. The van der Waals surface area contributed by atoms with E-state index in [2.05, 4.69) is 57.2 Å². The monoisotopic (exact) mass is 1140 g/mol. The van der Waals surface area contributed by atoms with Crippen molar-refractivity contribution in [3.63, 3.8) is 0 Å². The number of hydrogen-bond acceptors (Lipinski definition) is 6. The van der Waals surface area contributed by atoms with Crippen LogP contribution in [0.15, 0.2) is 36.5 Å². The van der Waals surface area contributed by atoms with Gasteiger partial charge in [-0.1, -0.05) is 365 Å². The number of rotatable bonds is 68. The second-order valence-electron chi connectivity index (χ2n) is 24.9. The number of hydrogen-bond donors (Lipinski definition) is 0. The molecule has 476 valence electrons. The van der Waals surface area contributed by atoms with Gasteiger partial charge in [0.15, 0.2) is 6.10 Å². The van der Waals surface area contributed by atoms with E-state index in [4.69, 9.17) is 14.2 Å². The maximum absolute atomic E-state index is 12.9. The highest BCUT2D eigenvalue weighted by Crippen LogP contribution is 2.19. The Morgan fingerprint density at radius 2 is 0.444 bits per heavy atom. The van der Waals surface area contributed by atoms with Crippen LogP contribution in [0.4, 0.5) is 0 Å². The first-order valence-corrected chi connectivity index (χ1v) is 36.5. The van der Waals surface area contributed by atoms with Gasteiger partial charge in [-0.2, -0.15) is 0 Å². The summed E-state index contributed by atoms with van der Waals surface area (Å²) < 4.78 is 17.0. The average molecular weight is 1140 g/mol. The zero-order chi connectivity index (χ0) is 58.5. The summed E-state index contributed by atoms with van der Waals surface area (Å²) in [5, 5.41) is 0. The SMILES string of the molecule is CCCCC/C=C\C/C=C\C/C=C\CCCCCCCCC(=O)OC(COC(=O)CCCCCCCCCCCCCC)COC(=O)CCCCCCCCCCCCCCCCCCCCCCCCCCCCCCCCCC. The van der Waals surface area contributed by atoms with Crippen molar-refractivity contribution in [2.75, 3.05) is 13.2 Å². The molecule has 0 amide bonds. The van der Waals surface area contributed by atoms with Crippen molar-refractivity contribution in [3.8, 4) is 0 Å². The lowest BCUT2D eigenvalue weighted by atomic mass is 10.0. The van der Waals surface area contributed by atoms with E-state index in [1.807, 2.05) is 0 Å². The Balaban J connectivity index is 4.12. The molecule has 0 aromatic heterocycles. The van der Waals surface area contributed by atoms with Crippen LogP contribution in [0.1, 0.15) is 406 Å². The molecule has 0 radical (unpaired) electrons. The second-order valence-corrected chi connectivity index (χ2v) is 24.9. The number of allylic oxidation sites excluding steroid dienone is 6. The fraction of sp³-hybridized carbons (Fsp3) is 0.880. The molecule has 0 aliphatic rings. The van der Waals surface area contributed by atoms with Gasteiger partial charge >= 0.3 is 17.9 Å².